The Morgan fingerprint density at radius 1 is 1.42 bits per heavy atom. The van der Waals surface area contributed by atoms with Crippen molar-refractivity contribution in [3.8, 4) is 5.75 Å². The van der Waals surface area contributed by atoms with Crippen LogP contribution in [0.25, 0.3) is 0 Å². The zero-order valence-corrected chi connectivity index (χ0v) is 11.9. The van der Waals surface area contributed by atoms with E-state index in [-0.39, 0.29) is 11.3 Å². The second kappa shape index (κ2) is 4.34. The van der Waals surface area contributed by atoms with E-state index < -0.39 is 0 Å². The van der Waals surface area contributed by atoms with Crippen LogP contribution in [0.1, 0.15) is 35.7 Å². The summed E-state index contributed by atoms with van der Waals surface area (Å²) in [6.07, 6.45) is 2.07. The van der Waals surface area contributed by atoms with Gasteiger partial charge in [-0.1, -0.05) is 6.92 Å². The van der Waals surface area contributed by atoms with Gasteiger partial charge < -0.3 is 9.64 Å². The van der Waals surface area contributed by atoms with Crippen molar-refractivity contribution >= 4 is 5.78 Å². The second-order valence-electron chi connectivity index (χ2n) is 6.25. The van der Waals surface area contributed by atoms with E-state index in [2.05, 4.69) is 24.9 Å². The lowest BCUT2D eigenvalue weighted by Crippen LogP contribution is -2.37. The summed E-state index contributed by atoms with van der Waals surface area (Å²) in [5.41, 5.74) is 2.20. The molecule has 0 radical (unpaired) electrons. The van der Waals surface area contributed by atoms with Gasteiger partial charge in [-0.05, 0) is 55.6 Å². The van der Waals surface area contributed by atoms with Crippen molar-refractivity contribution in [1.29, 1.82) is 0 Å². The molecule has 0 unspecified atom stereocenters. The van der Waals surface area contributed by atoms with Crippen LogP contribution in [0.15, 0.2) is 18.2 Å². The van der Waals surface area contributed by atoms with Crippen molar-refractivity contribution in [2.45, 2.75) is 25.2 Å². The number of benzene rings is 1. The van der Waals surface area contributed by atoms with E-state index in [1.807, 2.05) is 12.1 Å². The predicted octanol–water partition coefficient (Wildman–Crippen LogP) is 2.49. The van der Waals surface area contributed by atoms with Gasteiger partial charge in [0.1, 0.15) is 5.75 Å². The highest BCUT2D eigenvalue weighted by Gasteiger charge is 2.43. The van der Waals surface area contributed by atoms with E-state index in [0.717, 1.165) is 37.2 Å². The molecule has 0 aromatic heterocycles. The van der Waals surface area contributed by atoms with Crippen molar-refractivity contribution in [1.82, 2.24) is 4.90 Å². The van der Waals surface area contributed by atoms with Crippen LogP contribution < -0.4 is 4.74 Å². The highest BCUT2D eigenvalue weighted by atomic mass is 16.5. The molecule has 19 heavy (non-hydrogen) atoms. The summed E-state index contributed by atoms with van der Waals surface area (Å²) in [6, 6.07) is 5.92. The maximum absolute atomic E-state index is 12.6. The molecular formula is C16H21NO2. The van der Waals surface area contributed by atoms with Crippen molar-refractivity contribution in [3.05, 3.63) is 29.3 Å². The number of ketones is 1. The number of carbonyl (C=O) groups is 1. The highest BCUT2D eigenvalue weighted by Crippen LogP contribution is 2.45. The van der Waals surface area contributed by atoms with E-state index in [4.69, 9.17) is 4.74 Å². The quantitative estimate of drug-likeness (QED) is 0.776. The lowest BCUT2D eigenvalue weighted by atomic mass is 9.66. The first-order chi connectivity index (χ1) is 9.03. The summed E-state index contributed by atoms with van der Waals surface area (Å²) in [6.45, 7) is 4.24. The van der Waals surface area contributed by atoms with Crippen LogP contribution in [0.2, 0.25) is 0 Å². The summed E-state index contributed by atoms with van der Waals surface area (Å²) in [5, 5.41) is 0. The molecule has 102 valence electrons. The molecule has 3 heteroatoms. The minimum Gasteiger partial charge on any atom is -0.497 e. The fourth-order valence-electron chi connectivity index (χ4n) is 3.62. The average Bonchev–Trinajstić information content (AvgIpc) is 2.55. The zero-order chi connectivity index (χ0) is 13.6. The summed E-state index contributed by atoms with van der Waals surface area (Å²) in [4.78, 5) is 14.9. The van der Waals surface area contributed by atoms with Crippen molar-refractivity contribution < 1.29 is 9.53 Å². The van der Waals surface area contributed by atoms with Gasteiger partial charge in [-0.3, -0.25) is 4.79 Å². The zero-order valence-electron chi connectivity index (χ0n) is 11.9. The van der Waals surface area contributed by atoms with E-state index in [0.29, 0.717) is 5.78 Å². The van der Waals surface area contributed by atoms with Crippen LogP contribution in [-0.2, 0) is 5.41 Å². The monoisotopic (exact) mass is 259 g/mol. The maximum Gasteiger partial charge on any atom is 0.167 e. The Balaban J connectivity index is 2.14. The SMILES string of the molecule is COc1ccc2c(c1)[C@]1(C)CCN(C)C[C@@H](C1)C2=O. The van der Waals surface area contributed by atoms with E-state index >= 15 is 0 Å². The Hall–Kier alpha value is -1.35. The first kappa shape index (κ1) is 12.7. The molecule has 1 aliphatic carbocycles. The molecule has 2 atom stereocenters. The molecule has 1 fully saturated rings. The van der Waals surface area contributed by atoms with E-state index in [9.17, 15) is 4.79 Å². The second-order valence-corrected chi connectivity index (χ2v) is 6.25. The normalized spacial score (nSPS) is 30.7. The number of carbonyl (C=O) groups excluding carboxylic acids is 1. The number of nitrogens with zero attached hydrogens (tertiary/aromatic N) is 1. The Kier molecular flexibility index (Phi) is 2.90. The van der Waals surface area contributed by atoms with Crippen LogP contribution in [-0.4, -0.2) is 37.9 Å². The van der Waals surface area contributed by atoms with Crippen LogP contribution in [0.5, 0.6) is 5.75 Å². The van der Waals surface area contributed by atoms with Gasteiger partial charge >= 0.3 is 0 Å². The fraction of sp³-hybridized carbons (Fsp3) is 0.562. The third kappa shape index (κ3) is 1.96. The van der Waals surface area contributed by atoms with Gasteiger partial charge in [0.05, 0.1) is 7.11 Å². The average molecular weight is 259 g/mol. The Morgan fingerprint density at radius 3 is 2.95 bits per heavy atom. The topological polar surface area (TPSA) is 29.5 Å². The Bertz CT molecular complexity index is 525. The number of fused-ring (bicyclic) bond motifs is 4. The fourth-order valence-corrected chi connectivity index (χ4v) is 3.62. The number of ether oxygens (including phenoxy) is 1. The van der Waals surface area contributed by atoms with Crippen LogP contribution >= 0.6 is 0 Å². The largest absolute Gasteiger partial charge is 0.497 e. The molecule has 0 amide bonds. The maximum atomic E-state index is 12.6. The lowest BCUT2D eigenvalue weighted by molar-refractivity contribution is 0.0862. The highest BCUT2D eigenvalue weighted by molar-refractivity contribution is 6.01. The summed E-state index contributed by atoms with van der Waals surface area (Å²) < 4.78 is 5.33. The van der Waals surface area contributed by atoms with Gasteiger partial charge in [-0.25, -0.2) is 0 Å². The molecule has 3 nitrogen and oxygen atoms in total. The first-order valence-corrected chi connectivity index (χ1v) is 6.95. The van der Waals surface area contributed by atoms with Crippen molar-refractivity contribution in [2.75, 3.05) is 27.2 Å². The standard InChI is InChI=1S/C16H21NO2/c1-16-6-7-17(2)10-11(9-16)15(18)13-5-4-12(19-3)8-14(13)16/h4-5,8,11H,6-7,9-10H2,1-3H3/t11-,16-/m1/s1. The number of methoxy groups -OCH3 is 1. The van der Waals surface area contributed by atoms with Gasteiger partial charge in [-0.15, -0.1) is 0 Å². The summed E-state index contributed by atoms with van der Waals surface area (Å²) in [7, 11) is 3.79. The number of rotatable bonds is 1. The number of likely N-dealkylation sites (tertiary alicyclic amines) is 1. The lowest BCUT2D eigenvalue weighted by Gasteiger charge is -2.37. The van der Waals surface area contributed by atoms with Crippen molar-refractivity contribution in [3.63, 3.8) is 0 Å². The number of hydrogen-bond acceptors (Lipinski definition) is 3. The van der Waals surface area contributed by atoms with Crippen LogP contribution in [0.4, 0.5) is 0 Å². The van der Waals surface area contributed by atoms with Gasteiger partial charge in [0.15, 0.2) is 5.78 Å². The molecule has 1 aromatic rings. The molecule has 1 heterocycles. The molecule has 1 aromatic carbocycles. The molecule has 1 aliphatic heterocycles. The van der Waals surface area contributed by atoms with Gasteiger partial charge in [0.2, 0.25) is 0 Å². The summed E-state index contributed by atoms with van der Waals surface area (Å²) >= 11 is 0. The molecule has 0 N–H and O–H groups in total. The number of hydrogen-bond donors (Lipinski definition) is 0. The third-order valence-corrected chi connectivity index (χ3v) is 4.79. The van der Waals surface area contributed by atoms with Crippen LogP contribution in [0.3, 0.4) is 0 Å². The van der Waals surface area contributed by atoms with Gasteiger partial charge in [-0.2, -0.15) is 0 Å². The minimum atomic E-state index is 0.104. The molecular weight excluding hydrogens is 238 g/mol. The predicted molar refractivity (Wildman–Crippen MR) is 74.9 cm³/mol. The molecule has 2 bridgehead atoms. The number of Topliss-reactive ketones (excluding diaryl/α,β-unsaturated/α-hetero) is 1. The summed E-state index contributed by atoms with van der Waals surface area (Å²) in [5.74, 6) is 1.31. The molecule has 1 saturated heterocycles. The van der Waals surface area contributed by atoms with Crippen LogP contribution in [0, 0.1) is 5.92 Å². The van der Waals surface area contributed by atoms with E-state index in [1.54, 1.807) is 7.11 Å². The smallest absolute Gasteiger partial charge is 0.167 e. The van der Waals surface area contributed by atoms with Gasteiger partial charge in [0.25, 0.3) is 0 Å². The van der Waals surface area contributed by atoms with E-state index in [1.165, 1.54) is 5.56 Å². The van der Waals surface area contributed by atoms with Crippen molar-refractivity contribution in [2.24, 2.45) is 5.92 Å². The third-order valence-electron chi connectivity index (χ3n) is 4.79. The Morgan fingerprint density at radius 2 is 2.21 bits per heavy atom. The Labute approximate surface area is 114 Å². The minimum absolute atomic E-state index is 0.104. The molecule has 0 spiro atoms. The van der Waals surface area contributed by atoms with Gasteiger partial charge in [0, 0.05) is 18.0 Å². The molecule has 2 aliphatic rings. The first-order valence-electron chi connectivity index (χ1n) is 6.95. The molecule has 3 rings (SSSR count). The molecule has 0 saturated carbocycles.